The summed E-state index contributed by atoms with van der Waals surface area (Å²) in [7, 11) is 1.87. The predicted octanol–water partition coefficient (Wildman–Crippen LogP) is 5.43. The lowest BCUT2D eigenvalue weighted by Gasteiger charge is -2.32. The average molecular weight is 631 g/mol. The zero-order valence-electron chi connectivity index (χ0n) is 27.4. The lowest BCUT2D eigenvalue weighted by Crippen LogP contribution is -2.51. The number of carbonyl (C=O) groups excluding carboxylic acids is 2. The van der Waals surface area contributed by atoms with Gasteiger partial charge in [-0.3, -0.25) is 14.5 Å². The van der Waals surface area contributed by atoms with Crippen LogP contribution in [0.25, 0.3) is 20.9 Å². The van der Waals surface area contributed by atoms with Gasteiger partial charge >= 0.3 is 0 Å². The molecule has 1 aliphatic heterocycles. The molecule has 1 heterocycles. The second-order valence-electron chi connectivity index (χ2n) is 12.9. The van der Waals surface area contributed by atoms with Gasteiger partial charge in [-0.05, 0) is 98.5 Å². The van der Waals surface area contributed by atoms with Crippen molar-refractivity contribution in [2.75, 3.05) is 44.7 Å². The molecule has 1 saturated heterocycles. The van der Waals surface area contributed by atoms with Crippen LogP contribution in [0.4, 0.5) is 5.69 Å². The van der Waals surface area contributed by atoms with E-state index in [1.54, 1.807) is 11.8 Å². The van der Waals surface area contributed by atoms with Crippen LogP contribution >= 0.6 is 0 Å². The minimum absolute atomic E-state index is 0.0105. The topological polar surface area (TPSA) is 171 Å². The van der Waals surface area contributed by atoms with Crippen molar-refractivity contribution in [2.45, 2.75) is 77.1 Å². The number of rotatable bonds is 13. The van der Waals surface area contributed by atoms with Crippen LogP contribution in [0, 0.1) is 12.8 Å². The first-order chi connectivity index (χ1) is 22.1. The van der Waals surface area contributed by atoms with E-state index < -0.39 is 5.54 Å². The molecule has 2 aromatic carbocycles. The fourth-order valence-electron chi connectivity index (χ4n) is 6.28. The molecular formula is C33H46N10O3. The number of hydrogen-bond donors (Lipinski definition) is 2. The first-order valence-electron chi connectivity index (χ1n) is 16.0. The van der Waals surface area contributed by atoms with E-state index in [2.05, 4.69) is 67.6 Å². The number of benzene rings is 2. The molecule has 0 aromatic heterocycles. The molecule has 2 aromatic rings. The van der Waals surface area contributed by atoms with Gasteiger partial charge in [-0.25, -0.2) is 0 Å². The van der Waals surface area contributed by atoms with Crippen molar-refractivity contribution in [1.82, 2.24) is 15.5 Å². The van der Waals surface area contributed by atoms with Gasteiger partial charge in [-0.2, -0.15) is 0 Å². The Labute approximate surface area is 270 Å². The number of nitrogens with zero attached hydrogens (tertiary/aromatic N) is 8. The summed E-state index contributed by atoms with van der Waals surface area (Å²) in [6.07, 6.45) is 3.12. The van der Waals surface area contributed by atoms with E-state index >= 15 is 0 Å². The number of amides is 2. The molecule has 1 atom stereocenters. The van der Waals surface area contributed by atoms with Crippen molar-refractivity contribution in [1.29, 1.82) is 0 Å². The third kappa shape index (κ3) is 9.86. The first-order valence-corrected chi connectivity index (χ1v) is 16.0. The summed E-state index contributed by atoms with van der Waals surface area (Å²) in [6.45, 7) is 9.95. The van der Waals surface area contributed by atoms with E-state index in [1.165, 1.54) is 11.1 Å². The Balaban J connectivity index is 1.27. The van der Waals surface area contributed by atoms with Crippen LogP contribution < -0.4 is 20.3 Å². The Hall–Kier alpha value is -4.28. The van der Waals surface area contributed by atoms with E-state index in [0.29, 0.717) is 11.8 Å². The molecule has 1 aliphatic carbocycles. The summed E-state index contributed by atoms with van der Waals surface area (Å²) in [4.78, 5) is 36.0. The van der Waals surface area contributed by atoms with Gasteiger partial charge in [-0.1, -0.05) is 28.4 Å². The van der Waals surface area contributed by atoms with Crippen molar-refractivity contribution >= 4 is 17.5 Å². The van der Waals surface area contributed by atoms with Crippen LogP contribution in [0.3, 0.4) is 0 Å². The number of hydrogen-bond acceptors (Lipinski definition) is 7. The number of nitrogens with one attached hydrogen (secondary N) is 2. The molecule has 13 heteroatoms. The maximum Gasteiger partial charge on any atom is 0.229 e. The molecule has 4 rings (SSSR count). The largest absolute Gasteiger partial charge is 0.490 e. The van der Waals surface area contributed by atoms with Crippen molar-refractivity contribution in [3.8, 4) is 5.75 Å². The molecule has 2 N–H and O–H groups in total. The lowest BCUT2D eigenvalue weighted by atomic mass is 9.86. The number of azide groups is 2. The summed E-state index contributed by atoms with van der Waals surface area (Å²) in [5.41, 5.74) is 20.6. The fourth-order valence-corrected chi connectivity index (χ4v) is 6.28. The van der Waals surface area contributed by atoms with E-state index in [0.717, 1.165) is 63.1 Å². The summed E-state index contributed by atoms with van der Waals surface area (Å²) < 4.78 is 6.28. The Morgan fingerprint density at radius 1 is 1.11 bits per heavy atom. The van der Waals surface area contributed by atoms with Gasteiger partial charge in [0.05, 0.1) is 12.5 Å². The van der Waals surface area contributed by atoms with E-state index in [9.17, 15) is 9.59 Å². The van der Waals surface area contributed by atoms with Crippen molar-refractivity contribution in [3.63, 3.8) is 0 Å². The highest BCUT2D eigenvalue weighted by Crippen LogP contribution is 2.31. The molecule has 13 nitrogen and oxygen atoms in total. The fraction of sp³-hybridized carbons (Fsp3) is 0.576. The van der Waals surface area contributed by atoms with E-state index in [-0.39, 0.29) is 43.3 Å². The zero-order chi connectivity index (χ0) is 33.1. The third-order valence-electron chi connectivity index (χ3n) is 8.89. The highest BCUT2D eigenvalue weighted by molar-refractivity contribution is 5.94. The maximum atomic E-state index is 13.5. The lowest BCUT2D eigenvalue weighted by molar-refractivity contribution is -0.123. The van der Waals surface area contributed by atoms with Gasteiger partial charge in [0, 0.05) is 79.3 Å². The standard InChI is InChI=1S/C33H46N10O3/c1-23-16-28(11-8-27(23)20-43-15-14-36-24(2)19-43)42(4)32(45)26-9-12-29(13-10-26)46-30-7-5-6-25(17-30)18-31(44)39-33(3,21-37-40-34)22-38-41-35/h5-8,11,16-17,24,26,29,36H,9-10,12-15,18-22H2,1-4H3,(H,39,44)/t24-,26-,29-/m0/s1. The Bertz CT molecular complexity index is 1440. The highest BCUT2D eigenvalue weighted by Gasteiger charge is 2.30. The quantitative estimate of drug-likeness (QED) is 0.170. The summed E-state index contributed by atoms with van der Waals surface area (Å²) in [6, 6.07) is 14.3. The highest BCUT2D eigenvalue weighted by atomic mass is 16.5. The summed E-state index contributed by atoms with van der Waals surface area (Å²) in [5, 5.41) is 13.4. The average Bonchev–Trinajstić information content (AvgIpc) is 3.03. The SMILES string of the molecule is Cc1cc(N(C)C(=O)[C@H]2CC[C@H](Oc3cccc(CC(=O)NC(C)(CN=[N+]=[N-])CN=[N+]=[N-])c3)CC2)ccc1CN1CCN[C@@H](C)C1. The normalized spacial score (nSPS) is 21.2. The van der Waals surface area contributed by atoms with Crippen molar-refractivity contribution in [2.24, 2.45) is 16.1 Å². The number of ether oxygens (including phenoxy) is 1. The van der Waals surface area contributed by atoms with Crippen LogP contribution in [0.15, 0.2) is 52.7 Å². The van der Waals surface area contributed by atoms with Gasteiger partial charge in [0.2, 0.25) is 11.8 Å². The molecule has 0 bridgehead atoms. The summed E-state index contributed by atoms with van der Waals surface area (Å²) >= 11 is 0. The second-order valence-corrected chi connectivity index (χ2v) is 12.9. The van der Waals surface area contributed by atoms with Crippen LogP contribution in [-0.4, -0.2) is 74.2 Å². The maximum absolute atomic E-state index is 13.5. The smallest absolute Gasteiger partial charge is 0.229 e. The van der Waals surface area contributed by atoms with Gasteiger partial charge in [-0.15, -0.1) is 0 Å². The zero-order valence-corrected chi connectivity index (χ0v) is 27.4. The molecule has 0 unspecified atom stereocenters. The second kappa shape index (κ2) is 16.3. The molecule has 246 valence electrons. The number of aryl methyl sites for hydroxylation is 1. The van der Waals surface area contributed by atoms with Gasteiger partial charge in [0.1, 0.15) is 5.75 Å². The van der Waals surface area contributed by atoms with Crippen LogP contribution in [-0.2, 0) is 22.6 Å². The number of anilines is 1. The Morgan fingerprint density at radius 3 is 2.48 bits per heavy atom. The minimum atomic E-state index is -0.986. The number of piperazine rings is 1. The molecule has 0 radical (unpaired) electrons. The van der Waals surface area contributed by atoms with E-state index in [4.69, 9.17) is 15.8 Å². The predicted molar refractivity (Wildman–Crippen MR) is 178 cm³/mol. The van der Waals surface area contributed by atoms with E-state index in [1.807, 2.05) is 31.3 Å². The molecule has 2 amide bonds. The monoisotopic (exact) mass is 630 g/mol. The molecule has 2 fully saturated rings. The Morgan fingerprint density at radius 2 is 1.83 bits per heavy atom. The van der Waals surface area contributed by atoms with Gasteiger partial charge < -0.3 is 20.3 Å². The molecule has 2 aliphatic rings. The summed E-state index contributed by atoms with van der Waals surface area (Å²) in [5.74, 6) is 0.478. The van der Waals surface area contributed by atoms with Crippen LogP contribution in [0.5, 0.6) is 5.75 Å². The van der Waals surface area contributed by atoms with Crippen molar-refractivity contribution < 1.29 is 14.3 Å². The van der Waals surface area contributed by atoms with Crippen LogP contribution in [0.1, 0.15) is 56.2 Å². The Kier molecular flexibility index (Phi) is 12.3. The van der Waals surface area contributed by atoms with Crippen LogP contribution in [0.2, 0.25) is 0 Å². The third-order valence-corrected chi connectivity index (χ3v) is 8.89. The molecule has 46 heavy (non-hydrogen) atoms. The molecule has 0 spiro atoms. The van der Waals surface area contributed by atoms with Crippen molar-refractivity contribution in [3.05, 3.63) is 80.0 Å². The number of carbonyl (C=O) groups is 2. The molecular weight excluding hydrogens is 584 g/mol. The van der Waals surface area contributed by atoms with Gasteiger partial charge in [0.25, 0.3) is 0 Å². The minimum Gasteiger partial charge on any atom is -0.490 e. The first kappa shape index (κ1) is 34.6. The molecule has 1 saturated carbocycles. The van der Waals surface area contributed by atoms with Gasteiger partial charge in [0.15, 0.2) is 0 Å².